The zero-order valence-electron chi connectivity index (χ0n) is 14.6. The van der Waals surface area contributed by atoms with Crippen LogP contribution in [-0.2, 0) is 13.0 Å². The molecule has 3 rings (SSSR count). The van der Waals surface area contributed by atoms with Crippen molar-refractivity contribution in [2.75, 3.05) is 11.9 Å². The first-order chi connectivity index (χ1) is 13.1. The van der Waals surface area contributed by atoms with E-state index in [0.717, 1.165) is 21.4 Å². The number of nitrogens with zero attached hydrogens (tertiary/aromatic N) is 2. The van der Waals surface area contributed by atoms with Gasteiger partial charge in [-0.25, -0.2) is 4.79 Å². The minimum Gasteiger partial charge on any atom is -0.320 e. The molecule has 138 valence electrons. The Hall–Kier alpha value is -2.37. The van der Waals surface area contributed by atoms with Gasteiger partial charge in [0.1, 0.15) is 0 Å². The molecule has 1 aromatic heterocycles. The van der Waals surface area contributed by atoms with Crippen LogP contribution in [0.5, 0.6) is 0 Å². The van der Waals surface area contributed by atoms with E-state index in [9.17, 15) is 4.79 Å². The topological polar surface area (TPSA) is 45.2 Å². The molecule has 0 saturated carbocycles. The normalized spacial score (nSPS) is 10.4. The van der Waals surface area contributed by atoms with E-state index in [1.54, 1.807) is 11.1 Å². The molecule has 0 saturated heterocycles. The van der Waals surface area contributed by atoms with E-state index >= 15 is 0 Å². The number of carbonyl (C=O) groups is 1. The summed E-state index contributed by atoms with van der Waals surface area (Å²) >= 11 is 9.44. The third kappa shape index (κ3) is 5.81. The highest BCUT2D eigenvalue weighted by Crippen LogP contribution is 2.22. The second-order valence-corrected chi connectivity index (χ2v) is 7.32. The van der Waals surface area contributed by atoms with Crippen molar-refractivity contribution in [2.45, 2.75) is 13.0 Å². The minimum atomic E-state index is -0.159. The number of amides is 2. The number of halogens is 2. The van der Waals surface area contributed by atoms with Crippen molar-refractivity contribution in [3.05, 3.63) is 93.7 Å². The molecule has 6 heteroatoms. The molecule has 2 amide bonds. The highest BCUT2D eigenvalue weighted by molar-refractivity contribution is 9.10. The number of urea groups is 1. The summed E-state index contributed by atoms with van der Waals surface area (Å²) in [5.74, 6) is 0. The Balaban J connectivity index is 1.74. The highest BCUT2D eigenvalue weighted by Gasteiger charge is 2.15. The third-order valence-corrected chi connectivity index (χ3v) is 5.00. The maximum atomic E-state index is 12.9. The summed E-state index contributed by atoms with van der Waals surface area (Å²) in [6.07, 6.45) is 2.44. The highest BCUT2D eigenvalue weighted by atomic mass is 79.9. The van der Waals surface area contributed by atoms with Gasteiger partial charge in [-0.2, -0.15) is 0 Å². The van der Waals surface area contributed by atoms with Crippen molar-refractivity contribution in [2.24, 2.45) is 0 Å². The summed E-state index contributed by atoms with van der Waals surface area (Å²) in [6, 6.07) is 20.7. The van der Waals surface area contributed by atoms with Gasteiger partial charge in [0, 0.05) is 40.9 Å². The Bertz CT molecular complexity index is 887. The summed E-state index contributed by atoms with van der Waals surface area (Å²) in [7, 11) is 0. The third-order valence-electron chi connectivity index (χ3n) is 4.05. The van der Waals surface area contributed by atoms with Crippen molar-refractivity contribution >= 4 is 39.2 Å². The van der Waals surface area contributed by atoms with Gasteiger partial charge in [0.2, 0.25) is 0 Å². The second kappa shape index (κ2) is 9.53. The Kier molecular flexibility index (Phi) is 6.85. The molecule has 1 heterocycles. The minimum absolute atomic E-state index is 0.159. The molecule has 0 radical (unpaired) electrons. The molecule has 27 heavy (non-hydrogen) atoms. The van der Waals surface area contributed by atoms with Gasteiger partial charge in [-0.3, -0.25) is 4.98 Å². The summed E-state index contributed by atoms with van der Waals surface area (Å²) in [5, 5.41) is 3.65. The lowest BCUT2D eigenvalue weighted by atomic mass is 10.2. The number of benzene rings is 2. The maximum absolute atomic E-state index is 12.9. The van der Waals surface area contributed by atoms with Crippen LogP contribution in [0, 0.1) is 0 Å². The number of hydrogen-bond acceptors (Lipinski definition) is 2. The zero-order valence-corrected chi connectivity index (χ0v) is 17.0. The van der Waals surface area contributed by atoms with Crippen LogP contribution in [0.3, 0.4) is 0 Å². The van der Waals surface area contributed by atoms with Crippen LogP contribution in [0.15, 0.2) is 77.4 Å². The zero-order chi connectivity index (χ0) is 19.1. The monoisotopic (exact) mass is 443 g/mol. The molecular weight excluding hydrogens is 426 g/mol. The Morgan fingerprint density at radius 3 is 2.48 bits per heavy atom. The number of anilines is 1. The number of para-hydroxylation sites is 1. The number of nitrogens with one attached hydrogen (secondary N) is 1. The molecule has 1 N–H and O–H groups in total. The lowest BCUT2D eigenvalue weighted by Crippen LogP contribution is -2.36. The van der Waals surface area contributed by atoms with E-state index in [4.69, 9.17) is 11.6 Å². The maximum Gasteiger partial charge on any atom is 0.322 e. The van der Waals surface area contributed by atoms with Crippen LogP contribution in [0.1, 0.15) is 11.3 Å². The number of rotatable bonds is 6. The Morgan fingerprint density at radius 1 is 1.04 bits per heavy atom. The predicted octanol–water partition coefficient (Wildman–Crippen LogP) is 5.77. The van der Waals surface area contributed by atoms with Crippen molar-refractivity contribution in [3.8, 4) is 0 Å². The van der Waals surface area contributed by atoms with Gasteiger partial charge in [-0.05, 0) is 57.9 Å². The average Bonchev–Trinajstić information content (AvgIpc) is 2.69. The second-order valence-electron chi connectivity index (χ2n) is 6.03. The summed E-state index contributed by atoms with van der Waals surface area (Å²) < 4.78 is 0.842. The predicted molar refractivity (Wildman–Crippen MR) is 113 cm³/mol. The molecule has 4 nitrogen and oxygen atoms in total. The Labute approximate surface area is 172 Å². The fourth-order valence-corrected chi connectivity index (χ4v) is 3.12. The molecule has 2 aromatic carbocycles. The van der Waals surface area contributed by atoms with Crippen molar-refractivity contribution in [1.82, 2.24) is 9.88 Å². The van der Waals surface area contributed by atoms with Gasteiger partial charge in [-0.1, -0.05) is 41.9 Å². The van der Waals surface area contributed by atoms with Gasteiger partial charge >= 0.3 is 6.03 Å². The van der Waals surface area contributed by atoms with Crippen LogP contribution >= 0.6 is 27.5 Å². The summed E-state index contributed by atoms with van der Waals surface area (Å²) in [5.41, 5.74) is 2.71. The first kappa shape index (κ1) is 19.4. The van der Waals surface area contributed by atoms with Gasteiger partial charge < -0.3 is 10.2 Å². The van der Waals surface area contributed by atoms with Crippen LogP contribution in [0.25, 0.3) is 0 Å². The van der Waals surface area contributed by atoms with Crippen LogP contribution in [0.4, 0.5) is 10.5 Å². The summed E-state index contributed by atoms with van der Waals surface area (Å²) in [6.45, 7) is 1.04. The first-order valence-electron chi connectivity index (χ1n) is 8.56. The lowest BCUT2D eigenvalue weighted by Gasteiger charge is -2.23. The molecule has 0 bridgehead atoms. The quantitative estimate of drug-likeness (QED) is 0.524. The number of pyridine rings is 1. The largest absolute Gasteiger partial charge is 0.322 e. The molecular formula is C21H19BrClN3O. The van der Waals surface area contributed by atoms with Gasteiger partial charge in [0.25, 0.3) is 0 Å². The molecule has 0 spiro atoms. The fraction of sp³-hybridized carbons (Fsp3) is 0.143. The van der Waals surface area contributed by atoms with Crippen LogP contribution in [0.2, 0.25) is 5.02 Å². The fourth-order valence-electron chi connectivity index (χ4n) is 2.61. The summed E-state index contributed by atoms with van der Waals surface area (Å²) in [4.78, 5) is 19.0. The molecule has 3 aromatic rings. The van der Waals surface area contributed by atoms with Crippen LogP contribution < -0.4 is 5.32 Å². The number of aromatic nitrogens is 1. The van der Waals surface area contributed by atoms with E-state index in [0.29, 0.717) is 24.5 Å². The van der Waals surface area contributed by atoms with Crippen molar-refractivity contribution < 1.29 is 4.79 Å². The molecule has 0 unspecified atom stereocenters. The van der Waals surface area contributed by atoms with E-state index in [1.807, 2.05) is 66.7 Å². The SMILES string of the molecule is O=C(Nc1ccccc1Br)N(CCc1ccccn1)Cc1ccc(Cl)cc1. The van der Waals surface area contributed by atoms with Gasteiger partial charge in [0.15, 0.2) is 0 Å². The van der Waals surface area contributed by atoms with E-state index in [1.165, 1.54) is 0 Å². The van der Waals surface area contributed by atoms with E-state index in [2.05, 4.69) is 26.2 Å². The van der Waals surface area contributed by atoms with Gasteiger partial charge in [-0.15, -0.1) is 0 Å². The van der Waals surface area contributed by atoms with Crippen LogP contribution in [-0.4, -0.2) is 22.5 Å². The number of carbonyl (C=O) groups excluding carboxylic acids is 1. The smallest absolute Gasteiger partial charge is 0.320 e. The van der Waals surface area contributed by atoms with Gasteiger partial charge in [0.05, 0.1) is 5.69 Å². The Morgan fingerprint density at radius 2 is 1.78 bits per heavy atom. The van der Waals surface area contributed by atoms with E-state index in [-0.39, 0.29) is 6.03 Å². The standard InChI is InChI=1S/C21H19BrClN3O/c22-19-6-1-2-7-20(19)25-21(27)26(14-12-18-5-3-4-13-24-18)15-16-8-10-17(23)11-9-16/h1-11,13H,12,14-15H2,(H,25,27). The molecule has 0 aliphatic heterocycles. The van der Waals surface area contributed by atoms with Crippen molar-refractivity contribution in [1.29, 1.82) is 0 Å². The number of hydrogen-bond donors (Lipinski definition) is 1. The van der Waals surface area contributed by atoms with Crippen molar-refractivity contribution in [3.63, 3.8) is 0 Å². The molecule has 0 aliphatic rings. The first-order valence-corrected chi connectivity index (χ1v) is 9.74. The molecule has 0 atom stereocenters. The molecule has 0 aliphatic carbocycles. The molecule has 0 fully saturated rings. The van der Waals surface area contributed by atoms with E-state index < -0.39 is 0 Å². The lowest BCUT2D eigenvalue weighted by molar-refractivity contribution is 0.209. The average molecular weight is 445 g/mol.